The molecule has 2 saturated carbocycles. The van der Waals surface area contributed by atoms with Gasteiger partial charge in [0.15, 0.2) is 0 Å². The number of nitrogens with one attached hydrogen (secondary N) is 2. The summed E-state index contributed by atoms with van der Waals surface area (Å²) in [5.74, 6) is 3.94. The monoisotopic (exact) mass is 1160 g/mol. The Hall–Kier alpha value is -3.00. The number of aryl methyl sites for hydroxylation is 2. The van der Waals surface area contributed by atoms with E-state index in [-0.39, 0.29) is 49.1 Å². The number of ether oxygens (including phenoxy) is 6. The van der Waals surface area contributed by atoms with Gasteiger partial charge in [-0.05, 0) is 137 Å². The number of amides is 1. The highest BCUT2D eigenvalue weighted by molar-refractivity contribution is 8.76. The summed E-state index contributed by atoms with van der Waals surface area (Å²) in [4.78, 5) is 42.2. The number of aromatic nitrogens is 2. The van der Waals surface area contributed by atoms with Crippen LogP contribution in [0.25, 0.3) is 0 Å². The van der Waals surface area contributed by atoms with Crippen molar-refractivity contribution in [2.24, 2.45) is 17.3 Å². The minimum Gasteiger partial charge on any atom is -0.492 e. The molecule has 8 atom stereocenters. The van der Waals surface area contributed by atoms with Gasteiger partial charge in [0.05, 0.1) is 25.4 Å². The largest absolute Gasteiger partial charge is 0.492 e. The van der Waals surface area contributed by atoms with Gasteiger partial charge in [0, 0.05) is 70.0 Å². The van der Waals surface area contributed by atoms with Crippen molar-refractivity contribution in [3.05, 3.63) is 61.9 Å². The second-order valence-corrected chi connectivity index (χ2v) is 24.2. The van der Waals surface area contributed by atoms with Gasteiger partial charge in [-0.3, -0.25) is 19.1 Å². The van der Waals surface area contributed by atoms with Gasteiger partial charge in [-0.15, -0.1) is 0 Å². The normalized spacial score (nSPS) is 24.6. The predicted molar refractivity (Wildman–Crippen MR) is 281 cm³/mol. The average molecular weight is 1160 g/mol. The molecule has 0 radical (unpaired) electrons. The van der Waals surface area contributed by atoms with Crippen molar-refractivity contribution in [2.45, 2.75) is 177 Å². The molecular formula is C54H79F9N4O9S2. The van der Waals surface area contributed by atoms with Crippen LogP contribution in [0.15, 0.2) is 34.0 Å². The molecule has 24 heteroatoms. The van der Waals surface area contributed by atoms with Crippen LogP contribution in [0.4, 0.5) is 39.5 Å². The van der Waals surface area contributed by atoms with E-state index >= 15 is 0 Å². The number of carbonyl (C=O) groups is 1. The maximum atomic E-state index is 13.3. The van der Waals surface area contributed by atoms with Gasteiger partial charge in [0.2, 0.25) is 5.91 Å². The Bertz CT molecular complexity index is 2270. The van der Waals surface area contributed by atoms with Crippen molar-refractivity contribution in [3.8, 4) is 5.75 Å². The van der Waals surface area contributed by atoms with E-state index in [1.807, 2.05) is 27.7 Å². The number of benzene rings is 1. The van der Waals surface area contributed by atoms with Crippen LogP contribution in [0.2, 0.25) is 0 Å². The molecule has 3 fully saturated rings. The zero-order chi connectivity index (χ0) is 56.7. The second kappa shape index (κ2) is 29.3. The zero-order valence-corrected chi connectivity index (χ0v) is 46.9. The standard InChI is InChI=1S/C54H79F9N4O9S2/c1-50-23-22-40-39-18-16-38(32-36(39)14-17-41(40)42(50)19-20-45(50)74-27-13-28-75-51(52(55,56)57,53(58,59)60)54(61,62)63)73-29-26-66(2)25-10-6-8-12-31-78-77-30-11-7-5-9-24-64-46(68)21-15-37-34-67(49(70)65-48(37)69)47-33-43(72-4)44(76-47)35-71-3/h16,18,32,34,40-45,47H,5-15,17,19-31,33,35H2,1-4H3,(H,64,68)(H,65,69,70). The molecule has 8 unspecified atom stereocenters. The first-order valence-corrected chi connectivity index (χ1v) is 30.0. The summed E-state index contributed by atoms with van der Waals surface area (Å²) in [7, 11) is 9.10. The highest BCUT2D eigenvalue weighted by Gasteiger charge is 2.85. The quantitative estimate of drug-likeness (QED) is 0.0409. The number of fused-ring (bicyclic) bond motifs is 5. The molecule has 4 aliphatic rings. The summed E-state index contributed by atoms with van der Waals surface area (Å²) >= 11 is 0. The number of hydrogen-bond donors (Lipinski definition) is 2. The van der Waals surface area contributed by atoms with Gasteiger partial charge in [0.1, 0.15) is 24.7 Å². The van der Waals surface area contributed by atoms with E-state index in [4.69, 9.17) is 23.7 Å². The third-order valence-corrected chi connectivity index (χ3v) is 18.9. The van der Waals surface area contributed by atoms with Crippen LogP contribution in [-0.2, 0) is 41.3 Å². The fourth-order valence-corrected chi connectivity index (χ4v) is 14.4. The molecule has 444 valence electrons. The molecule has 1 aromatic carbocycles. The Balaban J connectivity index is 0.755. The van der Waals surface area contributed by atoms with Gasteiger partial charge in [-0.25, -0.2) is 4.79 Å². The zero-order valence-electron chi connectivity index (χ0n) is 45.2. The minimum absolute atomic E-state index is 0.134. The van der Waals surface area contributed by atoms with Crippen molar-refractivity contribution in [3.63, 3.8) is 0 Å². The van der Waals surface area contributed by atoms with Crippen LogP contribution in [-0.4, -0.2) is 142 Å². The molecular weight excluding hydrogens is 1080 g/mol. The summed E-state index contributed by atoms with van der Waals surface area (Å²) in [5, 5.41) is 2.94. The minimum atomic E-state index is -6.75. The van der Waals surface area contributed by atoms with Crippen LogP contribution in [0.1, 0.15) is 138 Å². The fraction of sp³-hybridized carbons (Fsp3) is 0.796. The molecule has 1 aromatic heterocycles. The Labute approximate surface area is 459 Å². The van der Waals surface area contributed by atoms with E-state index in [9.17, 15) is 53.9 Å². The number of rotatable bonds is 32. The first-order valence-electron chi connectivity index (χ1n) is 27.5. The van der Waals surface area contributed by atoms with Crippen molar-refractivity contribution in [1.29, 1.82) is 0 Å². The lowest BCUT2D eigenvalue weighted by Crippen LogP contribution is -2.67. The highest BCUT2D eigenvalue weighted by atomic mass is 33.1. The third kappa shape index (κ3) is 16.4. The molecule has 3 aliphatic carbocycles. The molecule has 0 bridgehead atoms. The van der Waals surface area contributed by atoms with Crippen LogP contribution >= 0.6 is 21.6 Å². The lowest BCUT2D eigenvalue weighted by Gasteiger charge is -2.50. The van der Waals surface area contributed by atoms with Crippen molar-refractivity contribution in [2.75, 3.05) is 78.8 Å². The molecule has 1 aliphatic heterocycles. The lowest BCUT2D eigenvalue weighted by molar-refractivity contribution is -0.457. The molecule has 2 aromatic rings. The van der Waals surface area contributed by atoms with Gasteiger partial charge in [-0.1, -0.05) is 60.3 Å². The molecule has 0 spiro atoms. The van der Waals surface area contributed by atoms with Gasteiger partial charge >= 0.3 is 29.8 Å². The highest BCUT2D eigenvalue weighted by Crippen LogP contribution is 2.62. The number of hydrogen-bond acceptors (Lipinski definition) is 12. The maximum absolute atomic E-state index is 13.3. The number of nitrogens with zero attached hydrogens (tertiary/aromatic N) is 2. The smallest absolute Gasteiger partial charge is 0.435 e. The topological polar surface area (TPSA) is 143 Å². The molecule has 6 rings (SSSR count). The predicted octanol–water partition coefficient (Wildman–Crippen LogP) is 11.1. The van der Waals surface area contributed by atoms with E-state index in [1.165, 1.54) is 41.2 Å². The molecule has 1 amide bonds. The van der Waals surface area contributed by atoms with Crippen molar-refractivity contribution in [1.82, 2.24) is 19.8 Å². The molecule has 78 heavy (non-hydrogen) atoms. The number of aromatic amines is 1. The number of alkyl halides is 9. The number of unbranched alkanes of at least 4 members (excludes halogenated alkanes) is 6. The molecule has 2 heterocycles. The van der Waals surface area contributed by atoms with Crippen molar-refractivity contribution < 1.29 is 72.7 Å². The van der Waals surface area contributed by atoms with E-state index < -0.39 is 54.6 Å². The lowest BCUT2D eigenvalue weighted by atomic mass is 9.55. The summed E-state index contributed by atoms with van der Waals surface area (Å²) in [6.45, 7) is 3.64. The molecule has 13 nitrogen and oxygen atoms in total. The summed E-state index contributed by atoms with van der Waals surface area (Å²) in [6.07, 6.45) is -6.23. The number of carbonyl (C=O) groups excluding carboxylic acids is 1. The summed E-state index contributed by atoms with van der Waals surface area (Å²) in [5.41, 5.74) is -4.69. The van der Waals surface area contributed by atoms with Crippen molar-refractivity contribution >= 4 is 27.5 Å². The SMILES string of the molecule is COCC1OC(n2cc(CCC(=O)NCCCCCCSSCCCCCCN(C)CCOc3ccc4c(c3)CCC3C4CCC4(C)C(OCCCOC(C(F)(F)F)(C(F)(F)F)C(F)(F)F)CCC34)c(=O)[nH]c2=O)CC1OC. The maximum Gasteiger partial charge on any atom is 0.435 e. The van der Waals surface area contributed by atoms with Crippen LogP contribution in [0, 0.1) is 17.3 Å². The van der Waals surface area contributed by atoms with Gasteiger partial charge < -0.3 is 38.6 Å². The van der Waals surface area contributed by atoms with Crippen LogP contribution < -0.4 is 21.3 Å². The number of H-pyrrole nitrogens is 1. The van der Waals surface area contributed by atoms with E-state index in [2.05, 4.69) is 46.0 Å². The van der Waals surface area contributed by atoms with Crippen LogP contribution in [0.5, 0.6) is 5.75 Å². The average Bonchev–Trinajstić information content (AvgIpc) is 3.89. The summed E-state index contributed by atoms with van der Waals surface area (Å²) < 4.78 is 153. The third-order valence-electron chi connectivity index (χ3n) is 16.3. The molecule has 2 N–H and O–H groups in total. The van der Waals surface area contributed by atoms with E-state index in [0.29, 0.717) is 55.9 Å². The fourth-order valence-electron chi connectivity index (χ4n) is 12.1. The molecule has 1 saturated heterocycles. The van der Waals surface area contributed by atoms with Gasteiger partial charge in [0.25, 0.3) is 5.56 Å². The first-order chi connectivity index (χ1) is 37.0. The number of methoxy groups -OCH3 is 2. The number of likely N-dealkylation sites (N-methyl/N-ethyl adjacent to an activating group) is 1. The first kappa shape index (κ1) is 64.2. The Morgan fingerprint density at radius 2 is 1.55 bits per heavy atom. The number of halogens is 9. The Morgan fingerprint density at radius 3 is 2.23 bits per heavy atom. The Morgan fingerprint density at radius 1 is 0.859 bits per heavy atom. The summed E-state index contributed by atoms with van der Waals surface area (Å²) in [6, 6.07) is 6.37. The van der Waals surface area contributed by atoms with E-state index in [0.717, 1.165) is 94.6 Å². The second-order valence-electron chi connectivity index (χ2n) is 21.5. The van der Waals surface area contributed by atoms with Crippen LogP contribution in [0.3, 0.4) is 0 Å². The Kier molecular flexibility index (Phi) is 24.1. The van der Waals surface area contributed by atoms with E-state index in [1.54, 1.807) is 14.2 Å². The van der Waals surface area contributed by atoms with Gasteiger partial charge in [-0.2, -0.15) is 39.5 Å².